The van der Waals surface area contributed by atoms with Gasteiger partial charge in [0.1, 0.15) is 22.2 Å². The maximum Gasteiger partial charge on any atom is 0.275 e. The van der Waals surface area contributed by atoms with E-state index in [4.69, 9.17) is 9.47 Å². The fourth-order valence-corrected chi connectivity index (χ4v) is 2.88. The molecular weight excluding hydrogens is 326 g/mol. The van der Waals surface area contributed by atoms with E-state index >= 15 is 0 Å². The van der Waals surface area contributed by atoms with Gasteiger partial charge >= 0.3 is 0 Å². The van der Waals surface area contributed by atoms with Crippen LogP contribution in [-0.4, -0.2) is 30.1 Å². The zero-order chi connectivity index (χ0) is 16.9. The summed E-state index contributed by atoms with van der Waals surface area (Å²) in [4.78, 5) is 20.8. The average molecular weight is 341 g/mol. The summed E-state index contributed by atoms with van der Waals surface area (Å²) in [5, 5.41) is 5.26. The normalized spacial score (nSPS) is 10.2. The van der Waals surface area contributed by atoms with Crippen LogP contribution in [0.2, 0.25) is 0 Å². The molecular formula is C17H15N3O3S. The van der Waals surface area contributed by atoms with Gasteiger partial charge in [0.15, 0.2) is 0 Å². The number of rotatable bonds is 5. The molecule has 1 aromatic carbocycles. The molecule has 0 atom stereocenters. The molecule has 3 aromatic rings. The van der Waals surface area contributed by atoms with Crippen LogP contribution in [-0.2, 0) is 0 Å². The zero-order valence-corrected chi connectivity index (χ0v) is 14.0. The fourth-order valence-electron chi connectivity index (χ4n) is 2.09. The van der Waals surface area contributed by atoms with Crippen molar-refractivity contribution < 1.29 is 14.3 Å². The quantitative estimate of drug-likeness (QED) is 0.769. The molecule has 2 aromatic heterocycles. The van der Waals surface area contributed by atoms with E-state index in [1.807, 2.05) is 12.1 Å². The van der Waals surface area contributed by atoms with E-state index in [2.05, 4.69) is 15.3 Å². The van der Waals surface area contributed by atoms with Gasteiger partial charge in [-0.2, -0.15) is 0 Å². The van der Waals surface area contributed by atoms with Gasteiger partial charge in [-0.25, -0.2) is 4.98 Å². The summed E-state index contributed by atoms with van der Waals surface area (Å²) in [5.74, 6) is 0.868. The van der Waals surface area contributed by atoms with Gasteiger partial charge in [-0.3, -0.25) is 9.78 Å². The molecule has 24 heavy (non-hydrogen) atoms. The van der Waals surface area contributed by atoms with Crippen molar-refractivity contribution in [1.29, 1.82) is 0 Å². The molecule has 0 spiro atoms. The molecule has 1 amide bonds. The Kier molecular flexibility index (Phi) is 4.72. The molecule has 7 heteroatoms. The van der Waals surface area contributed by atoms with Crippen molar-refractivity contribution >= 4 is 22.9 Å². The summed E-state index contributed by atoms with van der Waals surface area (Å²) in [6.07, 6.45) is 3.41. The highest BCUT2D eigenvalue weighted by Gasteiger charge is 2.14. The van der Waals surface area contributed by atoms with E-state index in [9.17, 15) is 4.79 Å². The monoisotopic (exact) mass is 341 g/mol. The van der Waals surface area contributed by atoms with Crippen LogP contribution in [0.3, 0.4) is 0 Å². The summed E-state index contributed by atoms with van der Waals surface area (Å²) in [7, 11) is 3.11. The number of anilines is 1. The maximum absolute atomic E-state index is 12.4. The Bertz CT molecular complexity index is 849. The zero-order valence-electron chi connectivity index (χ0n) is 13.1. The van der Waals surface area contributed by atoms with Crippen LogP contribution in [0, 0.1) is 0 Å². The van der Waals surface area contributed by atoms with Crippen LogP contribution >= 0.6 is 11.3 Å². The van der Waals surface area contributed by atoms with Crippen LogP contribution in [0.25, 0.3) is 10.6 Å². The topological polar surface area (TPSA) is 73.3 Å². The molecule has 0 fully saturated rings. The Hall–Kier alpha value is -2.93. The number of aromatic nitrogens is 2. The van der Waals surface area contributed by atoms with Crippen LogP contribution in [0.4, 0.5) is 5.69 Å². The molecule has 0 aliphatic carbocycles. The predicted octanol–water partition coefficient (Wildman–Crippen LogP) is 3.47. The lowest BCUT2D eigenvalue weighted by molar-refractivity contribution is 0.102. The molecule has 0 aliphatic rings. The number of hydrogen-bond donors (Lipinski definition) is 1. The third kappa shape index (κ3) is 3.36. The number of thiazole rings is 1. The molecule has 0 saturated carbocycles. The number of methoxy groups -OCH3 is 2. The van der Waals surface area contributed by atoms with Gasteiger partial charge in [0, 0.05) is 29.4 Å². The Morgan fingerprint density at radius 2 is 2.08 bits per heavy atom. The number of nitrogens with one attached hydrogen (secondary N) is 1. The van der Waals surface area contributed by atoms with Gasteiger partial charge in [0.25, 0.3) is 5.91 Å². The van der Waals surface area contributed by atoms with E-state index < -0.39 is 0 Å². The van der Waals surface area contributed by atoms with E-state index in [0.717, 1.165) is 10.6 Å². The first-order valence-corrected chi connectivity index (χ1v) is 7.98. The smallest absolute Gasteiger partial charge is 0.275 e. The first-order chi connectivity index (χ1) is 11.7. The van der Waals surface area contributed by atoms with Crippen molar-refractivity contribution in [3.63, 3.8) is 0 Å². The Morgan fingerprint density at radius 3 is 2.79 bits per heavy atom. The van der Waals surface area contributed by atoms with E-state index in [1.54, 1.807) is 43.1 Å². The minimum Gasteiger partial charge on any atom is -0.497 e. The second-order valence-corrected chi connectivity index (χ2v) is 5.66. The number of ether oxygens (including phenoxy) is 2. The summed E-state index contributed by atoms with van der Waals surface area (Å²) in [6, 6.07) is 8.92. The number of pyridine rings is 1. The number of carbonyl (C=O) groups is 1. The molecule has 0 saturated heterocycles. The number of amides is 1. The molecule has 0 radical (unpaired) electrons. The van der Waals surface area contributed by atoms with Crippen molar-refractivity contribution in [2.75, 3.05) is 19.5 Å². The molecule has 2 heterocycles. The van der Waals surface area contributed by atoms with Gasteiger partial charge in [-0.15, -0.1) is 11.3 Å². The lowest BCUT2D eigenvalue weighted by Crippen LogP contribution is -2.13. The Morgan fingerprint density at radius 1 is 1.21 bits per heavy atom. The first kappa shape index (κ1) is 15.9. The standard InChI is InChI=1S/C17H15N3O3S/c1-22-12-5-6-13(15(8-12)23-2)19-16(21)14-10-24-17(20-14)11-4-3-7-18-9-11/h3-10H,1-2H3,(H,19,21). The van der Waals surface area contributed by atoms with E-state index in [0.29, 0.717) is 22.9 Å². The number of hydrogen-bond acceptors (Lipinski definition) is 6. The highest BCUT2D eigenvalue weighted by atomic mass is 32.1. The van der Waals surface area contributed by atoms with Crippen molar-refractivity contribution in [3.8, 4) is 22.1 Å². The van der Waals surface area contributed by atoms with Crippen molar-refractivity contribution in [2.45, 2.75) is 0 Å². The third-order valence-electron chi connectivity index (χ3n) is 3.30. The van der Waals surface area contributed by atoms with Crippen LogP contribution < -0.4 is 14.8 Å². The number of benzene rings is 1. The second-order valence-electron chi connectivity index (χ2n) is 4.80. The summed E-state index contributed by atoms with van der Waals surface area (Å²) in [6.45, 7) is 0. The minimum absolute atomic E-state index is 0.301. The summed E-state index contributed by atoms with van der Waals surface area (Å²) in [5.41, 5.74) is 1.78. The largest absolute Gasteiger partial charge is 0.497 e. The van der Waals surface area contributed by atoms with Crippen LogP contribution in [0.15, 0.2) is 48.1 Å². The molecule has 3 rings (SSSR count). The van der Waals surface area contributed by atoms with E-state index in [-0.39, 0.29) is 5.91 Å². The third-order valence-corrected chi connectivity index (χ3v) is 4.19. The highest BCUT2D eigenvalue weighted by Crippen LogP contribution is 2.30. The Balaban J connectivity index is 1.80. The van der Waals surface area contributed by atoms with Crippen molar-refractivity contribution in [1.82, 2.24) is 9.97 Å². The highest BCUT2D eigenvalue weighted by molar-refractivity contribution is 7.13. The summed E-state index contributed by atoms with van der Waals surface area (Å²) < 4.78 is 10.4. The van der Waals surface area contributed by atoms with Gasteiger partial charge in [0.2, 0.25) is 0 Å². The van der Waals surface area contributed by atoms with Gasteiger partial charge < -0.3 is 14.8 Å². The summed E-state index contributed by atoms with van der Waals surface area (Å²) >= 11 is 1.39. The number of nitrogens with zero attached hydrogens (tertiary/aromatic N) is 2. The number of carbonyl (C=O) groups excluding carboxylic acids is 1. The Labute approximate surface area is 143 Å². The van der Waals surface area contributed by atoms with E-state index in [1.165, 1.54) is 18.4 Å². The molecule has 1 N–H and O–H groups in total. The van der Waals surface area contributed by atoms with Crippen molar-refractivity contribution in [2.24, 2.45) is 0 Å². The predicted molar refractivity (Wildman–Crippen MR) is 92.8 cm³/mol. The molecule has 0 unspecified atom stereocenters. The van der Waals surface area contributed by atoms with Crippen molar-refractivity contribution in [3.05, 3.63) is 53.8 Å². The lowest BCUT2D eigenvalue weighted by atomic mass is 10.2. The second kappa shape index (κ2) is 7.10. The molecule has 6 nitrogen and oxygen atoms in total. The van der Waals surface area contributed by atoms with Crippen LogP contribution in [0.1, 0.15) is 10.5 Å². The van der Waals surface area contributed by atoms with Gasteiger partial charge in [0.05, 0.1) is 19.9 Å². The average Bonchev–Trinajstić information content (AvgIpc) is 3.13. The van der Waals surface area contributed by atoms with Crippen LogP contribution in [0.5, 0.6) is 11.5 Å². The first-order valence-electron chi connectivity index (χ1n) is 7.10. The molecule has 122 valence electrons. The fraction of sp³-hybridized carbons (Fsp3) is 0.118. The minimum atomic E-state index is -0.301. The maximum atomic E-state index is 12.4. The lowest BCUT2D eigenvalue weighted by Gasteiger charge is -2.10. The molecule has 0 bridgehead atoms. The SMILES string of the molecule is COc1ccc(NC(=O)c2csc(-c3cccnc3)n2)c(OC)c1. The van der Waals surface area contributed by atoms with Gasteiger partial charge in [-0.1, -0.05) is 0 Å². The van der Waals surface area contributed by atoms with Gasteiger partial charge in [-0.05, 0) is 24.3 Å². The molecule has 0 aliphatic heterocycles.